The number of rotatable bonds is 6. The van der Waals surface area contributed by atoms with Gasteiger partial charge in [-0.05, 0) is 38.2 Å². The van der Waals surface area contributed by atoms with Crippen molar-refractivity contribution in [1.29, 1.82) is 0 Å². The molecule has 2 saturated heterocycles. The van der Waals surface area contributed by atoms with Crippen LogP contribution in [0, 0.1) is 5.41 Å². The Balaban J connectivity index is 1.48. The summed E-state index contributed by atoms with van der Waals surface area (Å²) in [6.45, 7) is 4.36. The lowest BCUT2D eigenvalue weighted by Gasteiger charge is -2.39. The van der Waals surface area contributed by atoms with Gasteiger partial charge in [-0.2, -0.15) is 0 Å². The molecule has 6 heteroatoms. The molecule has 27 heavy (non-hydrogen) atoms. The normalized spacial score (nSPS) is 21.5. The van der Waals surface area contributed by atoms with Gasteiger partial charge in [-0.1, -0.05) is 30.3 Å². The molecule has 2 heterocycles. The maximum atomic E-state index is 12.5. The Morgan fingerprint density at radius 3 is 2.56 bits per heavy atom. The van der Waals surface area contributed by atoms with Gasteiger partial charge in [0.25, 0.3) is 0 Å². The van der Waals surface area contributed by atoms with Crippen molar-refractivity contribution in [3.05, 3.63) is 35.9 Å². The average Bonchev–Trinajstić information content (AvgIpc) is 2.97. The molecule has 2 fully saturated rings. The molecule has 1 aromatic carbocycles. The number of piperidine rings is 1. The minimum absolute atomic E-state index is 0.00443. The number of carbonyl (C=O) groups is 2. The highest BCUT2D eigenvalue weighted by Gasteiger charge is 2.45. The number of aryl methyl sites for hydroxylation is 1. The Morgan fingerprint density at radius 1 is 1.26 bits per heavy atom. The zero-order valence-corrected chi connectivity index (χ0v) is 16.1. The number of nitrogens with zero attached hydrogens (tertiary/aromatic N) is 2. The molecule has 0 radical (unpaired) electrons. The van der Waals surface area contributed by atoms with Gasteiger partial charge in [0.15, 0.2) is 0 Å². The largest absolute Gasteiger partial charge is 0.391 e. The van der Waals surface area contributed by atoms with Crippen molar-refractivity contribution < 1.29 is 14.7 Å². The van der Waals surface area contributed by atoms with Crippen LogP contribution < -0.4 is 5.73 Å². The lowest BCUT2D eigenvalue weighted by atomic mass is 9.77. The van der Waals surface area contributed by atoms with Gasteiger partial charge in [0.1, 0.15) is 6.04 Å². The van der Waals surface area contributed by atoms with Crippen LogP contribution in [0.3, 0.4) is 0 Å². The molecule has 0 unspecified atom stereocenters. The molecular weight excluding hydrogens is 342 g/mol. The second-order valence-corrected chi connectivity index (χ2v) is 8.17. The predicted molar refractivity (Wildman–Crippen MR) is 104 cm³/mol. The van der Waals surface area contributed by atoms with Crippen LogP contribution in [0.1, 0.15) is 38.2 Å². The number of carbonyl (C=O) groups excluding carboxylic acids is 2. The molecule has 0 bridgehead atoms. The molecule has 2 amide bonds. The van der Waals surface area contributed by atoms with Gasteiger partial charge < -0.3 is 20.6 Å². The summed E-state index contributed by atoms with van der Waals surface area (Å²) in [6.07, 6.45) is 3.35. The van der Waals surface area contributed by atoms with Gasteiger partial charge in [0, 0.05) is 38.0 Å². The first kappa shape index (κ1) is 19.8. The standard InChI is InChI=1S/C21H31N3O3/c1-16(25)19(22)20(27)23-12-9-21(10-13-23)14-18(26)24(15-21)11-5-8-17-6-3-2-4-7-17/h2-4,6-7,16,19,25H,5,8-15,22H2,1H3/t16-,19+/m0/s1. The second kappa shape index (κ2) is 8.40. The third kappa shape index (κ3) is 4.68. The molecular formula is C21H31N3O3. The molecule has 3 rings (SSSR count). The van der Waals surface area contributed by atoms with Crippen molar-refractivity contribution in [1.82, 2.24) is 9.80 Å². The molecule has 148 valence electrons. The fourth-order valence-corrected chi connectivity index (χ4v) is 4.26. The van der Waals surface area contributed by atoms with Gasteiger partial charge in [-0.15, -0.1) is 0 Å². The quantitative estimate of drug-likeness (QED) is 0.784. The summed E-state index contributed by atoms with van der Waals surface area (Å²) in [6, 6.07) is 9.49. The number of aliphatic hydroxyl groups is 1. The van der Waals surface area contributed by atoms with E-state index in [9.17, 15) is 14.7 Å². The topological polar surface area (TPSA) is 86.9 Å². The first-order valence-corrected chi connectivity index (χ1v) is 9.94. The third-order valence-corrected chi connectivity index (χ3v) is 6.08. The highest BCUT2D eigenvalue weighted by molar-refractivity contribution is 5.82. The molecule has 3 N–H and O–H groups in total. The molecule has 6 nitrogen and oxygen atoms in total. The first-order chi connectivity index (χ1) is 12.9. The van der Waals surface area contributed by atoms with E-state index in [0.29, 0.717) is 19.5 Å². The minimum Gasteiger partial charge on any atom is -0.391 e. The van der Waals surface area contributed by atoms with Gasteiger partial charge in [-0.25, -0.2) is 0 Å². The lowest BCUT2D eigenvalue weighted by Crippen LogP contribution is -2.53. The van der Waals surface area contributed by atoms with Crippen molar-refractivity contribution in [2.24, 2.45) is 11.1 Å². The van der Waals surface area contributed by atoms with Crippen LogP contribution in [0.15, 0.2) is 30.3 Å². The number of nitrogens with two attached hydrogens (primary N) is 1. The number of benzene rings is 1. The van der Waals surface area contributed by atoms with Crippen LogP contribution in [0.5, 0.6) is 0 Å². The fourth-order valence-electron chi connectivity index (χ4n) is 4.26. The summed E-state index contributed by atoms with van der Waals surface area (Å²) in [5.74, 6) is 0.0485. The van der Waals surface area contributed by atoms with Crippen LogP contribution in [-0.2, 0) is 16.0 Å². The van der Waals surface area contributed by atoms with Crippen molar-refractivity contribution in [3.8, 4) is 0 Å². The Hall–Kier alpha value is -1.92. The smallest absolute Gasteiger partial charge is 0.242 e. The fraction of sp³-hybridized carbons (Fsp3) is 0.619. The van der Waals surface area contributed by atoms with E-state index in [1.807, 2.05) is 23.1 Å². The van der Waals surface area contributed by atoms with Crippen LogP contribution in [0.4, 0.5) is 0 Å². The Bertz CT molecular complexity index is 654. The molecule has 2 atom stereocenters. The van der Waals surface area contributed by atoms with E-state index in [-0.39, 0.29) is 17.2 Å². The number of hydrogen-bond donors (Lipinski definition) is 2. The predicted octanol–water partition coefficient (Wildman–Crippen LogP) is 1.17. The summed E-state index contributed by atoms with van der Waals surface area (Å²) >= 11 is 0. The minimum atomic E-state index is -0.862. The summed E-state index contributed by atoms with van der Waals surface area (Å²) in [5, 5.41) is 9.54. The Morgan fingerprint density at radius 2 is 1.93 bits per heavy atom. The maximum absolute atomic E-state index is 12.5. The van der Waals surface area contributed by atoms with Gasteiger partial charge >= 0.3 is 0 Å². The third-order valence-electron chi connectivity index (χ3n) is 6.08. The monoisotopic (exact) mass is 373 g/mol. The summed E-state index contributed by atoms with van der Waals surface area (Å²) in [4.78, 5) is 28.5. The van der Waals surface area contributed by atoms with Crippen molar-refractivity contribution in [3.63, 3.8) is 0 Å². The number of aliphatic hydroxyl groups excluding tert-OH is 1. The van der Waals surface area contributed by atoms with Gasteiger partial charge in [0.2, 0.25) is 11.8 Å². The van der Waals surface area contributed by atoms with Crippen LogP contribution in [-0.4, -0.2) is 65.0 Å². The molecule has 2 aliphatic heterocycles. The SMILES string of the molecule is C[C@H](O)[C@@H](N)C(=O)N1CCC2(CC1)CC(=O)N(CCCc1ccccc1)C2. The van der Waals surface area contributed by atoms with Crippen molar-refractivity contribution in [2.75, 3.05) is 26.2 Å². The molecule has 0 aliphatic carbocycles. The summed E-state index contributed by atoms with van der Waals surface area (Å²) in [5.41, 5.74) is 7.08. The zero-order valence-electron chi connectivity index (χ0n) is 16.1. The van der Waals surface area contributed by atoms with Gasteiger partial charge in [-0.3, -0.25) is 9.59 Å². The van der Waals surface area contributed by atoms with Crippen LogP contribution in [0.2, 0.25) is 0 Å². The zero-order chi connectivity index (χ0) is 19.4. The van der Waals surface area contributed by atoms with E-state index in [0.717, 1.165) is 38.8 Å². The van der Waals surface area contributed by atoms with E-state index in [2.05, 4.69) is 12.1 Å². The average molecular weight is 373 g/mol. The van der Waals surface area contributed by atoms with E-state index in [1.165, 1.54) is 12.5 Å². The summed E-state index contributed by atoms with van der Waals surface area (Å²) in [7, 11) is 0. The summed E-state index contributed by atoms with van der Waals surface area (Å²) < 4.78 is 0. The molecule has 0 saturated carbocycles. The maximum Gasteiger partial charge on any atom is 0.242 e. The molecule has 1 aromatic rings. The Labute approximate surface area is 161 Å². The molecule has 0 aromatic heterocycles. The number of likely N-dealkylation sites (tertiary alicyclic amines) is 2. The van der Waals surface area contributed by atoms with Gasteiger partial charge in [0.05, 0.1) is 6.10 Å². The molecule has 1 spiro atoms. The van der Waals surface area contributed by atoms with Crippen LogP contribution in [0.25, 0.3) is 0 Å². The van der Waals surface area contributed by atoms with E-state index in [4.69, 9.17) is 5.73 Å². The Kier molecular flexibility index (Phi) is 6.17. The van der Waals surface area contributed by atoms with E-state index >= 15 is 0 Å². The molecule has 2 aliphatic rings. The second-order valence-electron chi connectivity index (χ2n) is 8.17. The van der Waals surface area contributed by atoms with E-state index < -0.39 is 12.1 Å². The van der Waals surface area contributed by atoms with Crippen molar-refractivity contribution >= 4 is 11.8 Å². The van der Waals surface area contributed by atoms with Crippen molar-refractivity contribution in [2.45, 2.75) is 51.2 Å². The highest BCUT2D eigenvalue weighted by atomic mass is 16.3. The lowest BCUT2D eigenvalue weighted by molar-refractivity contribution is -0.137. The number of amides is 2. The number of hydrogen-bond acceptors (Lipinski definition) is 4. The highest BCUT2D eigenvalue weighted by Crippen LogP contribution is 2.41. The first-order valence-electron chi connectivity index (χ1n) is 9.94. The van der Waals surface area contributed by atoms with Crippen LogP contribution >= 0.6 is 0 Å². The van der Waals surface area contributed by atoms with E-state index in [1.54, 1.807) is 4.90 Å².